The van der Waals surface area contributed by atoms with Crippen molar-refractivity contribution in [3.8, 4) is 0 Å². The monoisotopic (exact) mass is 344 g/mol. The topological polar surface area (TPSA) is 41.1 Å². The molecule has 22 heavy (non-hydrogen) atoms. The van der Waals surface area contributed by atoms with Crippen molar-refractivity contribution in [2.24, 2.45) is 11.8 Å². The van der Waals surface area contributed by atoms with Crippen molar-refractivity contribution >= 4 is 29.9 Å². The summed E-state index contributed by atoms with van der Waals surface area (Å²) in [6.45, 7) is 6.32. The van der Waals surface area contributed by atoms with Gasteiger partial charge in [-0.05, 0) is 55.5 Å². The van der Waals surface area contributed by atoms with Crippen molar-refractivity contribution in [1.82, 2.24) is 10.6 Å². The van der Waals surface area contributed by atoms with Crippen LogP contribution in [0.3, 0.4) is 0 Å². The van der Waals surface area contributed by atoms with Gasteiger partial charge in [0.15, 0.2) is 0 Å². The number of hydrogen-bond acceptors (Lipinski definition) is 2. The first kappa shape index (κ1) is 19.3. The molecule has 0 spiro atoms. The first-order valence-corrected chi connectivity index (χ1v) is 8.19. The minimum atomic E-state index is 0. The molecule has 0 aromatic heterocycles. The lowest BCUT2D eigenvalue weighted by Crippen LogP contribution is -2.35. The number of carbonyl (C=O) groups excluding carboxylic acids is 1. The van der Waals surface area contributed by atoms with Gasteiger partial charge in [0, 0.05) is 11.4 Å². The van der Waals surface area contributed by atoms with E-state index < -0.39 is 0 Å². The molecule has 1 unspecified atom stereocenters. The van der Waals surface area contributed by atoms with Gasteiger partial charge in [0.1, 0.15) is 0 Å². The lowest BCUT2D eigenvalue weighted by Gasteiger charge is -2.26. The summed E-state index contributed by atoms with van der Waals surface area (Å²) >= 11 is 5.94. The molecule has 1 amide bonds. The van der Waals surface area contributed by atoms with Crippen molar-refractivity contribution in [2.75, 3.05) is 13.1 Å². The molecule has 1 saturated heterocycles. The Balaban J connectivity index is 0.00000242. The molecule has 5 heteroatoms. The van der Waals surface area contributed by atoms with Crippen LogP contribution in [0.15, 0.2) is 24.3 Å². The van der Waals surface area contributed by atoms with E-state index in [-0.39, 0.29) is 24.4 Å². The van der Waals surface area contributed by atoms with E-state index in [0.717, 1.165) is 36.5 Å². The van der Waals surface area contributed by atoms with Gasteiger partial charge in [0.2, 0.25) is 5.91 Å². The van der Waals surface area contributed by atoms with Gasteiger partial charge < -0.3 is 10.6 Å². The zero-order valence-corrected chi connectivity index (χ0v) is 14.8. The van der Waals surface area contributed by atoms with Crippen LogP contribution in [0.25, 0.3) is 0 Å². The second-order valence-electron chi connectivity index (χ2n) is 6.24. The molecule has 1 fully saturated rings. The number of hydrogen-bond donors (Lipinski definition) is 2. The number of piperidine rings is 1. The average molecular weight is 345 g/mol. The molecule has 0 bridgehead atoms. The van der Waals surface area contributed by atoms with Gasteiger partial charge in [-0.3, -0.25) is 4.79 Å². The highest BCUT2D eigenvalue weighted by atomic mass is 35.5. The van der Waals surface area contributed by atoms with Crippen LogP contribution in [0.5, 0.6) is 0 Å². The molecule has 2 N–H and O–H groups in total. The van der Waals surface area contributed by atoms with Gasteiger partial charge in [-0.25, -0.2) is 0 Å². The maximum atomic E-state index is 12.3. The summed E-state index contributed by atoms with van der Waals surface area (Å²) in [6, 6.07) is 7.81. The Labute approximate surface area is 144 Å². The van der Waals surface area contributed by atoms with E-state index in [1.165, 1.54) is 0 Å². The molecule has 2 rings (SSSR count). The van der Waals surface area contributed by atoms with Crippen LogP contribution in [0.1, 0.15) is 44.7 Å². The van der Waals surface area contributed by atoms with Crippen LogP contribution in [-0.4, -0.2) is 19.0 Å². The summed E-state index contributed by atoms with van der Waals surface area (Å²) in [6.07, 6.45) is 2.83. The molecule has 1 aliphatic rings. The maximum absolute atomic E-state index is 12.3. The van der Waals surface area contributed by atoms with Crippen LogP contribution < -0.4 is 10.6 Å². The van der Waals surface area contributed by atoms with Gasteiger partial charge in [0.05, 0.1) is 6.04 Å². The predicted molar refractivity (Wildman–Crippen MR) is 94.6 cm³/mol. The zero-order valence-electron chi connectivity index (χ0n) is 13.3. The first-order valence-electron chi connectivity index (χ1n) is 7.82. The Bertz CT molecular complexity index is 456. The first-order chi connectivity index (χ1) is 10.1. The summed E-state index contributed by atoms with van der Waals surface area (Å²) in [4.78, 5) is 12.3. The highest BCUT2D eigenvalue weighted by molar-refractivity contribution is 6.30. The third-order valence-corrected chi connectivity index (χ3v) is 4.40. The van der Waals surface area contributed by atoms with Crippen LogP contribution in [0.2, 0.25) is 5.02 Å². The lowest BCUT2D eigenvalue weighted by atomic mass is 9.92. The number of benzene rings is 1. The van der Waals surface area contributed by atoms with E-state index in [9.17, 15) is 4.79 Å². The van der Waals surface area contributed by atoms with E-state index in [4.69, 9.17) is 11.6 Å². The predicted octanol–water partition coefficient (Wildman–Crippen LogP) is 3.96. The normalized spacial score (nSPS) is 16.9. The number of nitrogens with one attached hydrogen (secondary N) is 2. The lowest BCUT2D eigenvalue weighted by molar-refractivity contribution is -0.123. The minimum absolute atomic E-state index is 0. The van der Waals surface area contributed by atoms with Crippen molar-refractivity contribution in [1.29, 1.82) is 0 Å². The standard InChI is InChI=1S/C17H25ClN2O.ClH/c1-12(2)17(14-3-5-15(18)6-4-14)20-16(21)11-13-7-9-19-10-8-13;/h3-6,12-13,17,19H,7-11H2,1-2H3,(H,20,21);1H. The highest BCUT2D eigenvalue weighted by Gasteiger charge is 2.21. The fraction of sp³-hybridized carbons (Fsp3) is 0.588. The van der Waals surface area contributed by atoms with E-state index in [1.54, 1.807) is 0 Å². The largest absolute Gasteiger partial charge is 0.349 e. The van der Waals surface area contributed by atoms with Crippen molar-refractivity contribution in [3.05, 3.63) is 34.9 Å². The molecule has 0 saturated carbocycles. The number of halogens is 2. The Morgan fingerprint density at radius 3 is 2.41 bits per heavy atom. The van der Waals surface area contributed by atoms with Gasteiger partial charge in [0.25, 0.3) is 0 Å². The van der Waals surface area contributed by atoms with E-state index in [0.29, 0.717) is 18.3 Å². The molecule has 1 heterocycles. The number of amides is 1. The average Bonchev–Trinajstić information content (AvgIpc) is 2.47. The molecule has 0 aliphatic carbocycles. The molecule has 124 valence electrons. The Morgan fingerprint density at radius 1 is 1.27 bits per heavy atom. The zero-order chi connectivity index (χ0) is 15.2. The number of carbonyl (C=O) groups is 1. The summed E-state index contributed by atoms with van der Waals surface area (Å²) in [5.41, 5.74) is 1.12. The van der Waals surface area contributed by atoms with E-state index in [2.05, 4.69) is 24.5 Å². The number of rotatable bonds is 5. The summed E-state index contributed by atoms with van der Waals surface area (Å²) in [7, 11) is 0. The Kier molecular flexibility index (Phi) is 8.23. The van der Waals surface area contributed by atoms with Crippen LogP contribution in [0.4, 0.5) is 0 Å². The van der Waals surface area contributed by atoms with Crippen molar-refractivity contribution < 1.29 is 4.79 Å². The fourth-order valence-electron chi connectivity index (χ4n) is 2.89. The molecular formula is C17H26Cl2N2O. The molecule has 3 nitrogen and oxygen atoms in total. The van der Waals surface area contributed by atoms with E-state index >= 15 is 0 Å². The molecule has 1 aliphatic heterocycles. The van der Waals surface area contributed by atoms with Crippen LogP contribution >= 0.6 is 24.0 Å². The molecule has 1 aromatic rings. The summed E-state index contributed by atoms with van der Waals surface area (Å²) in [5.74, 6) is 1.03. The fourth-order valence-corrected chi connectivity index (χ4v) is 3.01. The summed E-state index contributed by atoms with van der Waals surface area (Å²) in [5, 5.41) is 7.26. The van der Waals surface area contributed by atoms with Crippen molar-refractivity contribution in [2.45, 2.75) is 39.2 Å². The second kappa shape index (κ2) is 9.39. The SMILES string of the molecule is CC(C)C(NC(=O)CC1CCNCC1)c1ccc(Cl)cc1.Cl. The quantitative estimate of drug-likeness (QED) is 0.848. The maximum Gasteiger partial charge on any atom is 0.220 e. The Hall–Kier alpha value is -0.770. The van der Waals surface area contributed by atoms with Crippen molar-refractivity contribution in [3.63, 3.8) is 0 Å². The third-order valence-electron chi connectivity index (χ3n) is 4.15. The van der Waals surface area contributed by atoms with E-state index in [1.807, 2.05) is 24.3 Å². The summed E-state index contributed by atoms with van der Waals surface area (Å²) < 4.78 is 0. The van der Waals surface area contributed by atoms with Gasteiger partial charge in [-0.15, -0.1) is 12.4 Å². The van der Waals surface area contributed by atoms with Gasteiger partial charge in [-0.2, -0.15) is 0 Å². The smallest absolute Gasteiger partial charge is 0.220 e. The molecular weight excluding hydrogens is 319 g/mol. The second-order valence-corrected chi connectivity index (χ2v) is 6.67. The molecule has 1 aromatic carbocycles. The van der Waals surface area contributed by atoms with Gasteiger partial charge in [-0.1, -0.05) is 37.6 Å². The molecule has 1 atom stereocenters. The Morgan fingerprint density at radius 2 is 1.86 bits per heavy atom. The third kappa shape index (κ3) is 5.79. The van der Waals surface area contributed by atoms with Crippen LogP contribution in [-0.2, 0) is 4.79 Å². The molecule has 0 radical (unpaired) electrons. The van der Waals surface area contributed by atoms with Gasteiger partial charge >= 0.3 is 0 Å². The van der Waals surface area contributed by atoms with Crippen LogP contribution in [0, 0.1) is 11.8 Å². The minimum Gasteiger partial charge on any atom is -0.349 e. The highest BCUT2D eigenvalue weighted by Crippen LogP contribution is 2.24.